The maximum atomic E-state index is 13.9. The monoisotopic (exact) mass is 428 g/mol. The fraction of sp³-hybridized carbons (Fsp3) is 0.0952. The second-order valence-electron chi connectivity index (χ2n) is 6.24. The van der Waals surface area contributed by atoms with Crippen LogP contribution in [0.25, 0.3) is 5.69 Å². The quantitative estimate of drug-likeness (QED) is 0.459. The number of carbonyl (C=O) groups excluding carboxylic acids is 1. The lowest BCUT2D eigenvalue weighted by atomic mass is 10.1. The molecule has 0 saturated carbocycles. The first-order valence-electron chi connectivity index (χ1n) is 8.50. The van der Waals surface area contributed by atoms with Crippen LogP contribution < -0.4 is 5.43 Å². The van der Waals surface area contributed by atoms with Gasteiger partial charge < -0.3 is 4.57 Å². The lowest BCUT2D eigenvalue weighted by Crippen LogP contribution is -2.19. The van der Waals surface area contributed by atoms with Gasteiger partial charge in [-0.3, -0.25) is 4.79 Å². The lowest BCUT2D eigenvalue weighted by Gasteiger charge is -2.12. The first-order chi connectivity index (χ1) is 13.8. The van der Waals surface area contributed by atoms with Gasteiger partial charge in [-0.25, -0.2) is 9.82 Å². The van der Waals surface area contributed by atoms with Crippen LogP contribution in [0.4, 0.5) is 4.39 Å². The Labute approximate surface area is 177 Å². The Balaban J connectivity index is 1.83. The van der Waals surface area contributed by atoms with Gasteiger partial charge >= 0.3 is 0 Å². The summed E-state index contributed by atoms with van der Waals surface area (Å²) in [6, 6.07) is 12.7. The van der Waals surface area contributed by atoms with Gasteiger partial charge in [0.2, 0.25) is 0 Å². The van der Waals surface area contributed by atoms with E-state index in [0.29, 0.717) is 10.0 Å². The molecular formula is C21H15Cl2FN4O. The first kappa shape index (κ1) is 20.6. The van der Waals surface area contributed by atoms with E-state index in [-0.39, 0.29) is 11.1 Å². The molecule has 0 aliphatic rings. The van der Waals surface area contributed by atoms with Crippen LogP contribution >= 0.6 is 23.2 Å². The molecule has 29 heavy (non-hydrogen) atoms. The molecule has 3 rings (SSSR count). The van der Waals surface area contributed by atoms with Crippen molar-refractivity contribution < 1.29 is 9.18 Å². The van der Waals surface area contributed by atoms with Gasteiger partial charge in [0, 0.05) is 17.0 Å². The van der Waals surface area contributed by atoms with Crippen molar-refractivity contribution in [3.63, 3.8) is 0 Å². The first-order valence-corrected chi connectivity index (χ1v) is 9.25. The van der Waals surface area contributed by atoms with Crippen molar-refractivity contribution in [3.8, 4) is 11.8 Å². The predicted octanol–water partition coefficient (Wildman–Crippen LogP) is 5.18. The number of aryl methyl sites for hydroxylation is 1. The van der Waals surface area contributed by atoms with Crippen molar-refractivity contribution >= 4 is 35.3 Å². The third kappa shape index (κ3) is 4.16. The molecule has 1 heterocycles. The molecule has 1 amide bonds. The van der Waals surface area contributed by atoms with Gasteiger partial charge in [-0.15, -0.1) is 0 Å². The topological polar surface area (TPSA) is 70.2 Å². The number of nitrogens with one attached hydrogen (secondary N) is 1. The van der Waals surface area contributed by atoms with Crippen LogP contribution in [0.5, 0.6) is 0 Å². The Morgan fingerprint density at radius 2 is 2.00 bits per heavy atom. The molecule has 0 saturated heterocycles. The molecule has 1 aromatic heterocycles. The maximum absolute atomic E-state index is 13.9. The maximum Gasteiger partial charge on any atom is 0.274 e. The number of amides is 1. The van der Waals surface area contributed by atoms with E-state index in [1.807, 2.05) is 42.7 Å². The Morgan fingerprint density at radius 3 is 2.69 bits per heavy atom. The Hall–Kier alpha value is -3.14. The molecule has 5 nitrogen and oxygen atoms in total. The number of nitrogens with zero attached hydrogens (tertiary/aromatic N) is 3. The van der Waals surface area contributed by atoms with E-state index in [1.54, 1.807) is 6.07 Å². The number of aromatic nitrogens is 1. The highest BCUT2D eigenvalue weighted by Crippen LogP contribution is 2.31. The Kier molecular flexibility index (Phi) is 6.02. The van der Waals surface area contributed by atoms with Crippen LogP contribution in [0.15, 0.2) is 47.6 Å². The molecule has 3 aromatic rings. The van der Waals surface area contributed by atoms with Crippen LogP contribution in [0.3, 0.4) is 0 Å². The standard InChI is InChI=1S/C21H15Cl2FN4O/c1-12-8-15(13(2)28(12)19-5-3-4-17(22)20(19)23)11-26-27-21(29)16-7-6-14(10-25)9-18(16)24/h3-9,11H,1-2H3,(H,27,29)/b26-11-. The summed E-state index contributed by atoms with van der Waals surface area (Å²) in [5.74, 6) is -1.50. The highest BCUT2D eigenvalue weighted by atomic mass is 35.5. The highest BCUT2D eigenvalue weighted by Gasteiger charge is 2.14. The van der Waals surface area contributed by atoms with Crippen molar-refractivity contribution in [1.29, 1.82) is 5.26 Å². The number of halogens is 3. The number of nitriles is 1. The fourth-order valence-electron chi connectivity index (χ4n) is 2.94. The molecule has 8 heteroatoms. The van der Waals surface area contributed by atoms with E-state index in [1.165, 1.54) is 18.3 Å². The molecule has 0 fully saturated rings. The zero-order valence-corrected chi connectivity index (χ0v) is 17.0. The molecule has 146 valence electrons. The number of carbonyl (C=O) groups is 1. The van der Waals surface area contributed by atoms with Gasteiger partial charge in [0.15, 0.2) is 0 Å². The number of rotatable bonds is 4. The number of hydrogen-bond acceptors (Lipinski definition) is 3. The minimum atomic E-state index is -0.787. The predicted molar refractivity (Wildman–Crippen MR) is 111 cm³/mol. The minimum Gasteiger partial charge on any atom is -0.316 e. The Morgan fingerprint density at radius 1 is 1.24 bits per heavy atom. The summed E-state index contributed by atoms with van der Waals surface area (Å²) >= 11 is 12.4. The minimum absolute atomic E-state index is 0.134. The highest BCUT2D eigenvalue weighted by molar-refractivity contribution is 6.43. The van der Waals surface area contributed by atoms with Gasteiger partial charge in [-0.05, 0) is 50.2 Å². The van der Waals surface area contributed by atoms with Gasteiger partial charge in [-0.2, -0.15) is 10.4 Å². The summed E-state index contributed by atoms with van der Waals surface area (Å²) in [5, 5.41) is 13.6. The van der Waals surface area contributed by atoms with E-state index in [2.05, 4.69) is 10.5 Å². The summed E-state index contributed by atoms with van der Waals surface area (Å²) in [4.78, 5) is 12.1. The van der Waals surface area contributed by atoms with Crippen LogP contribution in [0.1, 0.15) is 32.9 Å². The number of hydrazone groups is 1. The zero-order valence-electron chi connectivity index (χ0n) is 15.5. The molecule has 0 unspecified atom stereocenters. The normalized spacial score (nSPS) is 10.9. The van der Waals surface area contributed by atoms with E-state index < -0.39 is 11.7 Å². The number of benzene rings is 2. The molecule has 0 bridgehead atoms. The zero-order chi connectivity index (χ0) is 21.1. The summed E-state index contributed by atoms with van der Waals surface area (Å²) in [6.45, 7) is 3.79. The van der Waals surface area contributed by atoms with Crippen LogP contribution in [0.2, 0.25) is 10.0 Å². The summed E-state index contributed by atoms with van der Waals surface area (Å²) in [6.07, 6.45) is 1.47. The van der Waals surface area contributed by atoms with Crippen molar-refractivity contribution in [1.82, 2.24) is 9.99 Å². The van der Waals surface area contributed by atoms with Crippen LogP contribution in [-0.4, -0.2) is 16.7 Å². The van der Waals surface area contributed by atoms with E-state index in [4.69, 9.17) is 28.5 Å². The molecule has 0 atom stereocenters. The second-order valence-corrected chi connectivity index (χ2v) is 7.03. The summed E-state index contributed by atoms with van der Waals surface area (Å²) in [7, 11) is 0. The molecule has 2 aromatic carbocycles. The molecule has 0 radical (unpaired) electrons. The molecule has 0 spiro atoms. The molecule has 0 aliphatic carbocycles. The molecular weight excluding hydrogens is 414 g/mol. The summed E-state index contributed by atoms with van der Waals surface area (Å²) < 4.78 is 15.9. The number of hydrogen-bond donors (Lipinski definition) is 1. The van der Waals surface area contributed by atoms with Crippen LogP contribution in [-0.2, 0) is 0 Å². The van der Waals surface area contributed by atoms with Crippen molar-refractivity contribution in [2.45, 2.75) is 13.8 Å². The lowest BCUT2D eigenvalue weighted by molar-refractivity contribution is 0.0951. The van der Waals surface area contributed by atoms with Gasteiger partial charge in [0.05, 0.1) is 39.1 Å². The largest absolute Gasteiger partial charge is 0.316 e. The van der Waals surface area contributed by atoms with E-state index in [0.717, 1.165) is 28.7 Å². The average molecular weight is 429 g/mol. The SMILES string of the molecule is Cc1cc(/C=N\NC(=O)c2ccc(C#N)cc2F)c(C)n1-c1cccc(Cl)c1Cl. The van der Waals surface area contributed by atoms with Gasteiger partial charge in [0.1, 0.15) is 5.82 Å². The second kappa shape index (κ2) is 8.48. The van der Waals surface area contributed by atoms with Crippen molar-refractivity contribution in [2.24, 2.45) is 5.10 Å². The molecule has 1 N–H and O–H groups in total. The fourth-order valence-corrected chi connectivity index (χ4v) is 3.32. The van der Waals surface area contributed by atoms with Gasteiger partial charge in [0.25, 0.3) is 5.91 Å². The van der Waals surface area contributed by atoms with Crippen LogP contribution in [0, 0.1) is 31.0 Å². The van der Waals surface area contributed by atoms with Crippen molar-refractivity contribution in [2.75, 3.05) is 0 Å². The third-order valence-corrected chi connectivity index (χ3v) is 5.16. The third-order valence-electron chi connectivity index (χ3n) is 4.35. The van der Waals surface area contributed by atoms with E-state index in [9.17, 15) is 9.18 Å². The van der Waals surface area contributed by atoms with Gasteiger partial charge in [-0.1, -0.05) is 29.3 Å². The average Bonchev–Trinajstić information content (AvgIpc) is 2.97. The Bertz CT molecular complexity index is 1180. The van der Waals surface area contributed by atoms with E-state index >= 15 is 0 Å². The smallest absolute Gasteiger partial charge is 0.274 e. The summed E-state index contributed by atoms with van der Waals surface area (Å²) in [5.41, 5.74) is 5.46. The van der Waals surface area contributed by atoms with Crippen molar-refractivity contribution in [3.05, 3.63) is 86.4 Å². The molecule has 0 aliphatic heterocycles.